The van der Waals surface area contributed by atoms with Crippen LogP contribution < -0.4 is 5.32 Å². The Morgan fingerprint density at radius 1 is 1.36 bits per heavy atom. The molecular formula is C8H19NO2. The zero-order chi connectivity index (χ0) is 8.91. The van der Waals surface area contributed by atoms with E-state index in [1.807, 2.05) is 0 Å². The van der Waals surface area contributed by atoms with E-state index in [4.69, 9.17) is 9.47 Å². The topological polar surface area (TPSA) is 30.5 Å². The van der Waals surface area contributed by atoms with E-state index >= 15 is 0 Å². The Balaban J connectivity index is 3.51. The van der Waals surface area contributed by atoms with Gasteiger partial charge in [0.2, 0.25) is 6.41 Å². The minimum absolute atomic E-state index is 0.188. The molecule has 0 bridgehead atoms. The fourth-order valence-corrected chi connectivity index (χ4v) is 0.595. The SMILES string of the molecule is CNC(OC)OCC(C)(C)C. The van der Waals surface area contributed by atoms with Gasteiger partial charge >= 0.3 is 0 Å². The highest BCUT2D eigenvalue weighted by molar-refractivity contribution is 4.58. The minimum atomic E-state index is -0.283. The molecule has 3 heteroatoms. The van der Waals surface area contributed by atoms with Crippen molar-refractivity contribution in [1.29, 1.82) is 0 Å². The van der Waals surface area contributed by atoms with Gasteiger partial charge in [0.1, 0.15) is 0 Å². The molecule has 0 fully saturated rings. The van der Waals surface area contributed by atoms with Crippen LogP contribution in [0.25, 0.3) is 0 Å². The summed E-state index contributed by atoms with van der Waals surface area (Å²) in [6, 6.07) is 0. The monoisotopic (exact) mass is 161 g/mol. The van der Waals surface area contributed by atoms with E-state index in [1.54, 1.807) is 14.2 Å². The molecule has 68 valence electrons. The van der Waals surface area contributed by atoms with Gasteiger partial charge in [0.05, 0.1) is 6.61 Å². The van der Waals surface area contributed by atoms with Gasteiger partial charge in [-0.25, -0.2) is 0 Å². The minimum Gasteiger partial charge on any atom is -0.343 e. The predicted molar refractivity (Wildman–Crippen MR) is 45.3 cm³/mol. The fraction of sp³-hybridized carbons (Fsp3) is 1.00. The number of hydrogen-bond donors (Lipinski definition) is 1. The highest BCUT2D eigenvalue weighted by atomic mass is 16.7. The van der Waals surface area contributed by atoms with Crippen LogP contribution in [-0.2, 0) is 9.47 Å². The van der Waals surface area contributed by atoms with E-state index in [0.717, 1.165) is 0 Å². The number of hydrogen-bond acceptors (Lipinski definition) is 3. The molecule has 0 radical (unpaired) electrons. The average molecular weight is 161 g/mol. The van der Waals surface area contributed by atoms with Gasteiger partial charge in [0.25, 0.3) is 0 Å². The molecule has 11 heavy (non-hydrogen) atoms. The van der Waals surface area contributed by atoms with Crippen LogP contribution in [0.1, 0.15) is 20.8 Å². The second kappa shape index (κ2) is 4.70. The Labute approximate surface area is 69.1 Å². The van der Waals surface area contributed by atoms with Crippen molar-refractivity contribution >= 4 is 0 Å². The first kappa shape index (κ1) is 10.9. The molecule has 0 aromatic carbocycles. The fourth-order valence-electron chi connectivity index (χ4n) is 0.595. The summed E-state index contributed by atoms with van der Waals surface area (Å²) in [7, 11) is 3.42. The third-order valence-electron chi connectivity index (χ3n) is 1.12. The van der Waals surface area contributed by atoms with Crippen LogP contribution in [0.2, 0.25) is 0 Å². The van der Waals surface area contributed by atoms with Crippen molar-refractivity contribution in [2.45, 2.75) is 27.2 Å². The van der Waals surface area contributed by atoms with Gasteiger partial charge in [0.15, 0.2) is 0 Å². The largest absolute Gasteiger partial charge is 0.343 e. The second-order valence-corrected chi connectivity index (χ2v) is 3.73. The van der Waals surface area contributed by atoms with Gasteiger partial charge < -0.3 is 9.47 Å². The Morgan fingerprint density at radius 2 is 1.91 bits per heavy atom. The Kier molecular flexibility index (Phi) is 4.65. The molecule has 0 saturated heterocycles. The molecule has 1 unspecified atom stereocenters. The van der Waals surface area contributed by atoms with Gasteiger partial charge in [0, 0.05) is 7.11 Å². The van der Waals surface area contributed by atoms with E-state index in [1.165, 1.54) is 0 Å². The van der Waals surface area contributed by atoms with Gasteiger partial charge in [-0.3, -0.25) is 5.32 Å². The Bertz CT molecular complexity index is 94.8. The van der Waals surface area contributed by atoms with Crippen LogP contribution in [0.15, 0.2) is 0 Å². The standard InChI is InChI=1S/C8H19NO2/c1-8(2,3)6-11-7(9-4)10-5/h7,9H,6H2,1-5H3. The molecule has 0 aliphatic rings. The smallest absolute Gasteiger partial charge is 0.215 e. The summed E-state index contributed by atoms with van der Waals surface area (Å²) in [5.74, 6) is 0. The lowest BCUT2D eigenvalue weighted by Gasteiger charge is -2.22. The first-order valence-electron chi connectivity index (χ1n) is 3.81. The second-order valence-electron chi connectivity index (χ2n) is 3.73. The van der Waals surface area contributed by atoms with Crippen LogP contribution in [0.4, 0.5) is 0 Å². The summed E-state index contributed by atoms with van der Waals surface area (Å²) in [5.41, 5.74) is 0.188. The molecule has 0 aliphatic heterocycles. The summed E-state index contributed by atoms with van der Waals surface area (Å²) in [6.07, 6.45) is -0.283. The normalized spacial score (nSPS) is 15.0. The molecule has 0 saturated carbocycles. The molecule has 1 N–H and O–H groups in total. The summed E-state index contributed by atoms with van der Waals surface area (Å²) < 4.78 is 10.3. The van der Waals surface area contributed by atoms with E-state index in [-0.39, 0.29) is 11.8 Å². The molecule has 0 amide bonds. The van der Waals surface area contributed by atoms with E-state index in [0.29, 0.717) is 6.61 Å². The lowest BCUT2D eigenvalue weighted by molar-refractivity contribution is -0.154. The van der Waals surface area contributed by atoms with Crippen LogP contribution in [0.5, 0.6) is 0 Å². The quantitative estimate of drug-likeness (QED) is 0.628. The Hall–Kier alpha value is -0.120. The molecule has 1 atom stereocenters. The van der Waals surface area contributed by atoms with Gasteiger partial charge in [-0.05, 0) is 12.5 Å². The predicted octanol–water partition coefficient (Wildman–Crippen LogP) is 1.20. The number of ether oxygens (including phenoxy) is 2. The molecule has 0 heterocycles. The molecule has 3 nitrogen and oxygen atoms in total. The van der Waals surface area contributed by atoms with Crippen LogP contribution in [-0.4, -0.2) is 27.2 Å². The summed E-state index contributed by atoms with van der Waals surface area (Å²) in [6.45, 7) is 7.05. The molecule has 0 aromatic rings. The number of nitrogens with one attached hydrogen (secondary N) is 1. The molecular weight excluding hydrogens is 142 g/mol. The van der Waals surface area contributed by atoms with Gasteiger partial charge in [-0.2, -0.15) is 0 Å². The summed E-state index contributed by atoms with van der Waals surface area (Å²) in [4.78, 5) is 0. The van der Waals surface area contributed by atoms with Crippen LogP contribution in [0.3, 0.4) is 0 Å². The van der Waals surface area contributed by atoms with Crippen molar-refractivity contribution in [3.05, 3.63) is 0 Å². The zero-order valence-electron chi connectivity index (χ0n) is 8.10. The lowest BCUT2D eigenvalue weighted by Crippen LogP contribution is -2.33. The zero-order valence-corrected chi connectivity index (χ0v) is 8.10. The maximum Gasteiger partial charge on any atom is 0.215 e. The molecule has 0 aromatic heterocycles. The average Bonchev–Trinajstić information content (AvgIpc) is 1.88. The summed E-state index contributed by atoms with van der Waals surface area (Å²) >= 11 is 0. The summed E-state index contributed by atoms with van der Waals surface area (Å²) in [5, 5.41) is 2.88. The van der Waals surface area contributed by atoms with Gasteiger partial charge in [-0.15, -0.1) is 0 Å². The third kappa shape index (κ3) is 6.28. The number of methoxy groups -OCH3 is 1. The van der Waals surface area contributed by atoms with Crippen LogP contribution in [0, 0.1) is 5.41 Å². The Morgan fingerprint density at radius 3 is 2.18 bits per heavy atom. The van der Waals surface area contributed by atoms with Crippen LogP contribution >= 0.6 is 0 Å². The highest BCUT2D eigenvalue weighted by Gasteiger charge is 2.13. The number of rotatable bonds is 4. The van der Waals surface area contributed by atoms with Crippen molar-refractivity contribution in [2.24, 2.45) is 5.41 Å². The third-order valence-corrected chi connectivity index (χ3v) is 1.12. The molecule has 0 spiro atoms. The maximum atomic E-state index is 5.37. The molecule has 0 aliphatic carbocycles. The van der Waals surface area contributed by atoms with E-state index in [2.05, 4.69) is 26.1 Å². The first-order valence-corrected chi connectivity index (χ1v) is 3.81. The van der Waals surface area contributed by atoms with E-state index < -0.39 is 0 Å². The highest BCUT2D eigenvalue weighted by Crippen LogP contribution is 2.13. The molecule has 0 rings (SSSR count). The van der Waals surface area contributed by atoms with Crippen molar-refractivity contribution in [1.82, 2.24) is 5.32 Å². The lowest BCUT2D eigenvalue weighted by atomic mass is 9.99. The first-order chi connectivity index (χ1) is 4.99. The van der Waals surface area contributed by atoms with E-state index in [9.17, 15) is 0 Å². The van der Waals surface area contributed by atoms with Gasteiger partial charge in [-0.1, -0.05) is 20.8 Å². The van der Waals surface area contributed by atoms with Crippen molar-refractivity contribution in [2.75, 3.05) is 20.8 Å². The van der Waals surface area contributed by atoms with Crippen molar-refractivity contribution < 1.29 is 9.47 Å². The van der Waals surface area contributed by atoms with Crippen molar-refractivity contribution in [3.8, 4) is 0 Å². The van der Waals surface area contributed by atoms with Crippen molar-refractivity contribution in [3.63, 3.8) is 0 Å². The maximum absolute atomic E-state index is 5.37.